The van der Waals surface area contributed by atoms with Crippen molar-refractivity contribution in [3.63, 3.8) is 0 Å². The van der Waals surface area contributed by atoms with Crippen LogP contribution in [0.25, 0.3) is 10.4 Å². The van der Waals surface area contributed by atoms with E-state index < -0.39 is 24.6 Å². The Bertz CT molecular complexity index is 243. The van der Waals surface area contributed by atoms with Gasteiger partial charge in [-0.15, -0.1) is 0 Å². The molecule has 0 saturated carbocycles. The van der Waals surface area contributed by atoms with Crippen molar-refractivity contribution in [2.75, 3.05) is 6.54 Å². The van der Waals surface area contributed by atoms with Gasteiger partial charge < -0.3 is 20.1 Å². The van der Waals surface area contributed by atoms with Gasteiger partial charge in [0.2, 0.25) is 0 Å². The van der Waals surface area contributed by atoms with Crippen LogP contribution < -0.4 is 0 Å². The van der Waals surface area contributed by atoms with Crippen molar-refractivity contribution in [3.05, 3.63) is 10.4 Å². The van der Waals surface area contributed by atoms with Gasteiger partial charge >= 0.3 is 0 Å². The SMILES string of the molecule is CC1C(CN=[N+]=[N-])OC(O)C(O)C1O. The van der Waals surface area contributed by atoms with Gasteiger partial charge in [0.05, 0.1) is 18.8 Å². The Labute approximate surface area is 80.6 Å². The quantitative estimate of drug-likeness (QED) is 0.314. The van der Waals surface area contributed by atoms with Crippen LogP contribution in [-0.4, -0.2) is 46.5 Å². The summed E-state index contributed by atoms with van der Waals surface area (Å²) >= 11 is 0. The van der Waals surface area contributed by atoms with Gasteiger partial charge in [0, 0.05) is 10.8 Å². The zero-order valence-electron chi connectivity index (χ0n) is 7.69. The molecule has 1 heterocycles. The molecule has 80 valence electrons. The molecule has 1 fully saturated rings. The van der Waals surface area contributed by atoms with Gasteiger partial charge in [-0.2, -0.15) is 0 Å². The van der Waals surface area contributed by atoms with Gasteiger partial charge in [0.25, 0.3) is 0 Å². The molecule has 0 aromatic heterocycles. The van der Waals surface area contributed by atoms with E-state index in [0.29, 0.717) is 0 Å². The Balaban J connectivity index is 2.64. The van der Waals surface area contributed by atoms with E-state index in [1.54, 1.807) is 6.92 Å². The molecule has 0 aromatic rings. The molecule has 1 aliphatic rings. The van der Waals surface area contributed by atoms with Crippen molar-refractivity contribution in [3.8, 4) is 0 Å². The maximum atomic E-state index is 9.46. The van der Waals surface area contributed by atoms with Crippen molar-refractivity contribution >= 4 is 0 Å². The second-order valence-electron chi connectivity index (χ2n) is 3.32. The molecule has 0 amide bonds. The van der Waals surface area contributed by atoms with Gasteiger partial charge in [-0.3, -0.25) is 0 Å². The minimum absolute atomic E-state index is 0.0263. The minimum atomic E-state index is -1.43. The first-order chi connectivity index (χ1) is 6.57. The molecule has 14 heavy (non-hydrogen) atoms. The van der Waals surface area contributed by atoms with Crippen LogP contribution in [0.5, 0.6) is 0 Å². The van der Waals surface area contributed by atoms with E-state index in [4.69, 9.17) is 15.4 Å². The Morgan fingerprint density at radius 3 is 2.57 bits per heavy atom. The second kappa shape index (κ2) is 4.59. The molecule has 0 aromatic carbocycles. The van der Waals surface area contributed by atoms with Crippen LogP contribution in [-0.2, 0) is 4.74 Å². The third-order valence-electron chi connectivity index (χ3n) is 2.41. The molecule has 0 aliphatic carbocycles. The molecule has 7 heteroatoms. The van der Waals surface area contributed by atoms with Crippen LogP contribution >= 0.6 is 0 Å². The van der Waals surface area contributed by atoms with Crippen LogP contribution in [0.3, 0.4) is 0 Å². The van der Waals surface area contributed by atoms with Crippen LogP contribution in [0.1, 0.15) is 6.92 Å². The highest BCUT2D eigenvalue weighted by atomic mass is 16.6. The molecular formula is C7H13N3O4. The standard InChI is InChI=1S/C7H13N3O4/c1-3-4(2-9-10-8)14-7(13)6(12)5(3)11/h3-7,11-13H,2H2,1H3. The molecule has 0 radical (unpaired) electrons. The highest BCUT2D eigenvalue weighted by Gasteiger charge is 2.40. The van der Waals surface area contributed by atoms with Gasteiger partial charge in [0.15, 0.2) is 6.29 Å². The summed E-state index contributed by atoms with van der Waals surface area (Å²) in [4.78, 5) is 2.55. The highest BCUT2D eigenvalue weighted by Crippen LogP contribution is 2.24. The number of aliphatic hydroxyl groups is 3. The van der Waals surface area contributed by atoms with Gasteiger partial charge in [0.1, 0.15) is 6.10 Å². The fraction of sp³-hybridized carbons (Fsp3) is 1.00. The van der Waals surface area contributed by atoms with E-state index in [0.717, 1.165) is 0 Å². The maximum Gasteiger partial charge on any atom is 0.183 e. The van der Waals surface area contributed by atoms with Gasteiger partial charge in [-0.25, -0.2) is 0 Å². The fourth-order valence-corrected chi connectivity index (χ4v) is 1.41. The number of ether oxygens (including phenoxy) is 1. The van der Waals surface area contributed by atoms with Crippen molar-refractivity contribution in [1.82, 2.24) is 0 Å². The molecule has 0 bridgehead atoms. The molecule has 1 saturated heterocycles. The Kier molecular flexibility index (Phi) is 3.68. The Morgan fingerprint density at radius 2 is 2.00 bits per heavy atom. The Hall–Kier alpha value is -0.850. The molecular weight excluding hydrogens is 190 g/mol. The third-order valence-corrected chi connectivity index (χ3v) is 2.41. The third kappa shape index (κ3) is 2.14. The first kappa shape index (κ1) is 11.2. The summed E-state index contributed by atoms with van der Waals surface area (Å²) in [6.07, 6.45) is -4.38. The molecule has 1 aliphatic heterocycles. The van der Waals surface area contributed by atoms with Gasteiger partial charge in [-0.05, 0) is 5.53 Å². The first-order valence-electron chi connectivity index (χ1n) is 4.28. The van der Waals surface area contributed by atoms with E-state index in [-0.39, 0.29) is 12.5 Å². The van der Waals surface area contributed by atoms with E-state index in [9.17, 15) is 10.2 Å². The lowest BCUT2D eigenvalue weighted by molar-refractivity contribution is -0.263. The largest absolute Gasteiger partial charge is 0.390 e. The van der Waals surface area contributed by atoms with Crippen LogP contribution in [0.15, 0.2) is 5.11 Å². The van der Waals surface area contributed by atoms with Crippen molar-refractivity contribution < 1.29 is 20.1 Å². The average Bonchev–Trinajstić information content (AvgIpc) is 2.18. The van der Waals surface area contributed by atoms with Crippen LogP contribution in [0.4, 0.5) is 0 Å². The summed E-state index contributed by atoms with van der Waals surface area (Å²) in [6, 6.07) is 0. The highest BCUT2D eigenvalue weighted by molar-refractivity contribution is 4.87. The van der Waals surface area contributed by atoms with E-state index >= 15 is 0 Å². The number of hydrogen-bond acceptors (Lipinski definition) is 5. The van der Waals surface area contributed by atoms with Crippen molar-refractivity contribution in [2.24, 2.45) is 11.0 Å². The summed E-state index contributed by atoms with van der Waals surface area (Å²) in [5.74, 6) is -0.390. The lowest BCUT2D eigenvalue weighted by Gasteiger charge is -2.38. The van der Waals surface area contributed by atoms with Crippen molar-refractivity contribution in [2.45, 2.75) is 31.5 Å². The lowest BCUT2D eigenvalue weighted by atomic mass is 9.91. The minimum Gasteiger partial charge on any atom is -0.390 e. The zero-order chi connectivity index (χ0) is 10.7. The summed E-state index contributed by atoms with van der Waals surface area (Å²) in [7, 11) is 0. The van der Waals surface area contributed by atoms with Gasteiger partial charge in [-0.1, -0.05) is 12.0 Å². The summed E-state index contributed by atoms with van der Waals surface area (Å²) in [6.45, 7) is 1.68. The number of hydrogen-bond donors (Lipinski definition) is 3. The van der Waals surface area contributed by atoms with Crippen LogP contribution in [0, 0.1) is 5.92 Å². The molecule has 3 N–H and O–H groups in total. The van der Waals surface area contributed by atoms with E-state index in [1.165, 1.54) is 0 Å². The topological polar surface area (TPSA) is 119 Å². The lowest BCUT2D eigenvalue weighted by Crippen LogP contribution is -2.54. The van der Waals surface area contributed by atoms with Crippen LogP contribution in [0.2, 0.25) is 0 Å². The van der Waals surface area contributed by atoms with E-state index in [2.05, 4.69) is 10.0 Å². The normalized spacial score (nSPS) is 43.0. The zero-order valence-corrected chi connectivity index (χ0v) is 7.69. The predicted octanol–water partition coefficient (Wildman–Crippen LogP) is -0.628. The monoisotopic (exact) mass is 203 g/mol. The smallest absolute Gasteiger partial charge is 0.183 e. The summed E-state index contributed by atoms with van der Waals surface area (Å²) in [5, 5.41) is 31.2. The molecule has 7 nitrogen and oxygen atoms in total. The molecule has 5 atom stereocenters. The number of rotatable bonds is 2. The van der Waals surface area contributed by atoms with E-state index in [1.807, 2.05) is 0 Å². The van der Waals surface area contributed by atoms with Crippen molar-refractivity contribution in [1.29, 1.82) is 0 Å². The number of aliphatic hydroxyl groups excluding tert-OH is 3. The molecule has 0 spiro atoms. The first-order valence-corrected chi connectivity index (χ1v) is 4.28. The maximum absolute atomic E-state index is 9.46. The average molecular weight is 203 g/mol. The molecule has 5 unspecified atom stereocenters. The fourth-order valence-electron chi connectivity index (χ4n) is 1.41. The predicted molar refractivity (Wildman–Crippen MR) is 46.1 cm³/mol. The summed E-state index contributed by atoms with van der Waals surface area (Å²) in [5.41, 5.74) is 8.10. The number of azide groups is 1. The molecule has 1 rings (SSSR count). The number of nitrogens with zero attached hydrogens (tertiary/aromatic N) is 3. The Morgan fingerprint density at radius 1 is 1.36 bits per heavy atom. The summed E-state index contributed by atoms with van der Waals surface area (Å²) < 4.78 is 4.96. The second-order valence-corrected chi connectivity index (χ2v) is 3.32.